The highest BCUT2D eigenvalue weighted by Crippen LogP contribution is 2.15. The Morgan fingerprint density at radius 1 is 1.43 bits per heavy atom. The van der Waals surface area contributed by atoms with Gasteiger partial charge >= 0.3 is 0 Å². The molecular formula is C15H21N3O3. The van der Waals surface area contributed by atoms with Crippen molar-refractivity contribution in [1.29, 1.82) is 0 Å². The summed E-state index contributed by atoms with van der Waals surface area (Å²) < 4.78 is 5.68. The van der Waals surface area contributed by atoms with Crippen LogP contribution in [0.3, 0.4) is 0 Å². The molecular weight excluding hydrogens is 270 g/mol. The number of rotatable bonds is 5. The van der Waals surface area contributed by atoms with E-state index in [-0.39, 0.29) is 24.4 Å². The van der Waals surface area contributed by atoms with Crippen molar-refractivity contribution in [2.75, 3.05) is 33.3 Å². The van der Waals surface area contributed by atoms with Crippen molar-refractivity contribution in [2.45, 2.75) is 13.0 Å². The minimum Gasteiger partial charge on any atom is -0.491 e. The molecule has 6 nitrogen and oxygen atoms in total. The van der Waals surface area contributed by atoms with E-state index in [1.54, 1.807) is 11.9 Å². The molecule has 0 bridgehead atoms. The molecule has 2 rings (SSSR count). The number of amides is 2. The highest BCUT2D eigenvalue weighted by molar-refractivity contribution is 5.86. The summed E-state index contributed by atoms with van der Waals surface area (Å²) in [4.78, 5) is 24.8. The number of piperazine rings is 1. The summed E-state index contributed by atoms with van der Waals surface area (Å²) in [5.74, 6) is 0.717. The van der Waals surface area contributed by atoms with Crippen LogP contribution in [0.2, 0.25) is 0 Å². The van der Waals surface area contributed by atoms with E-state index in [0.29, 0.717) is 19.7 Å². The van der Waals surface area contributed by atoms with E-state index in [4.69, 9.17) is 4.74 Å². The van der Waals surface area contributed by atoms with Gasteiger partial charge in [0, 0.05) is 13.6 Å². The SMILES string of the molecule is Cc1ccccc1OCCN(C)C(=O)C1CNC(=O)CN1. The van der Waals surface area contributed by atoms with Crippen LogP contribution in [0.1, 0.15) is 5.56 Å². The maximum Gasteiger partial charge on any atom is 0.241 e. The second kappa shape index (κ2) is 7.08. The van der Waals surface area contributed by atoms with Gasteiger partial charge in [0.2, 0.25) is 11.8 Å². The predicted molar refractivity (Wildman–Crippen MR) is 79.1 cm³/mol. The third-order valence-corrected chi connectivity index (χ3v) is 3.46. The Balaban J connectivity index is 1.76. The Labute approximate surface area is 124 Å². The minimum absolute atomic E-state index is 0.0385. The van der Waals surface area contributed by atoms with Gasteiger partial charge in [-0.15, -0.1) is 0 Å². The molecule has 114 valence electrons. The van der Waals surface area contributed by atoms with Crippen LogP contribution < -0.4 is 15.4 Å². The summed E-state index contributed by atoms with van der Waals surface area (Å²) in [5, 5.41) is 5.60. The lowest BCUT2D eigenvalue weighted by atomic mass is 10.2. The van der Waals surface area contributed by atoms with E-state index in [9.17, 15) is 9.59 Å². The van der Waals surface area contributed by atoms with Crippen molar-refractivity contribution in [3.05, 3.63) is 29.8 Å². The lowest BCUT2D eigenvalue weighted by molar-refractivity contribution is -0.134. The highest BCUT2D eigenvalue weighted by Gasteiger charge is 2.26. The Hall–Kier alpha value is -2.08. The molecule has 1 aliphatic heterocycles. The Kier molecular flexibility index (Phi) is 5.16. The number of carbonyl (C=O) groups is 2. The van der Waals surface area contributed by atoms with Crippen molar-refractivity contribution in [1.82, 2.24) is 15.5 Å². The van der Waals surface area contributed by atoms with Gasteiger partial charge in [-0.2, -0.15) is 0 Å². The quantitative estimate of drug-likeness (QED) is 0.796. The maximum absolute atomic E-state index is 12.2. The Bertz CT molecular complexity index is 509. The second-order valence-corrected chi connectivity index (χ2v) is 5.11. The largest absolute Gasteiger partial charge is 0.491 e. The lowest BCUT2D eigenvalue weighted by Crippen LogP contribution is -2.58. The normalized spacial score (nSPS) is 18.0. The molecule has 0 radical (unpaired) electrons. The van der Waals surface area contributed by atoms with Crippen LogP contribution in [-0.4, -0.2) is 56.0 Å². The van der Waals surface area contributed by atoms with Crippen LogP contribution in [0.15, 0.2) is 24.3 Å². The molecule has 6 heteroatoms. The zero-order chi connectivity index (χ0) is 15.2. The van der Waals surface area contributed by atoms with Gasteiger partial charge in [-0.25, -0.2) is 0 Å². The van der Waals surface area contributed by atoms with Crippen molar-refractivity contribution in [3.8, 4) is 5.75 Å². The predicted octanol–water partition coefficient (Wildman–Crippen LogP) is -0.0798. The number of aryl methyl sites for hydroxylation is 1. The first kappa shape index (κ1) is 15.3. The van der Waals surface area contributed by atoms with Crippen LogP contribution in [0.5, 0.6) is 5.75 Å². The monoisotopic (exact) mass is 291 g/mol. The van der Waals surface area contributed by atoms with Crippen LogP contribution >= 0.6 is 0 Å². The summed E-state index contributed by atoms with van der Waals surface area (Å²) >= 11 is 0. The first-order valence-electron chi connectivity index (χ1n) is 7.01. The van der Waals surface area contributed by atoms with Crippen molar-refractivity contribution >= 4 is 11.8 Å². The van der Waals surface area contributed by atoms with Gasteiger partial charge in [0.05, 0.1) is 13.1 Å². The van der Waals surface area contributed by atoms with E-state index in [1.807, 2.05) is 31.2 Å². The molecule has 2 N–H and O–H groups in total. The molecule has 21 heavy (non-hydrogen) atoms. The van der Waals surface area contributed by atoms with Crippen molar-refractivity contribution < 1.29 is 14.3 Å². The molecule has 0 saturated carbocycles. The average molecular weight is 291 g/mol. The molecule has 1 saturated heterocycles. The summed E-state index contributed by atoms with van der Waals surface area (Å²) in [6, 6.07) is 7.42. The zero-order valence-corrected chi connectivity index (χ0v) is 12.4. The highest BCUT2D eigenvalue weighted by atomic mass is 16.5. The van der Waals surface area contributed by atoms with Gasteiger partial charge in [-0.1, -0.05) is 18.2 Å². The van der Waals surface area contributed by atoms with Crippen molar-refractivity contribution in [2.24, 2.45) is 0 Å². The van der Waals surface area contributed by atoms with Gasteiger partial charge in [0.25, 0.3) is 0 Å². The Morgan fingerprint density at radius 3 is 2.86 bits per heavy atom. The number of nitrogens with zero attached hydrogens (tertiary/aromatic N) is 1. The average Bonchev–Trinajstić information content (AvgIpc) is 2.49. The van der Waals surface area contributed by atoms with Crippen LogP contribution in [0.4, 0.5) is 0 Å². The number of nitrogens with one attached hydrogen (secondary N) is 2. The number of hydrogen-bond donors (Lipinski definition) is 2. The molecule has 1 aliphatic rings. The van der Waals surface area contributed by atoms with E-state index in [1.165, 1.54) is 0 Å². The zero-order valence-electron chi connectivity index (χ0n) is 12.4. The summed E-state index contributed by atoms with van der Waals surface area (Å²) in [7, 11) is 1.74. The molecule has 1 atom stereocenters. The van der Waals surface area contributed by atoms with Crippen molar-refractivity contribution in [3.63, 3.8) is 0 Å². The van der Waals surface area contributed by atoms with E-state index in [2.05, 4.69) is 10.6 Å². The first-order valence-corrected chi connectivity index (χ1v) is 7.01. The van der Waals surface area contributed by atoms with Crippen LogP contribution in [-0.2, 0) is 9.59 Å². The molecule has 0 aromatic heterocycles. The van der Waals surface area contributed by atoms with Gasteiger partial charge in [0.1, 0.15) is 18.4 Å². The van der Waals surface area contributed by atoms with Gasteiger partial charge < -0.3 is 15.0 Å². The fourth-order valence-corrected chi connectivity index (χ4v) is 2.13. The third-order valence-electron chi connectivity index (χ3n) is 3.46. The molecule has 0 spiro atoms. The first-order chi connectivity index (χ1) is 10.1. The standard InChI is InChI=1S/C15H21N3O3/c1-11-5-3-4-6-13(11)21-8-7-18(2)15(20)12-9-17-14(19)10-16-12/h3-6,12,16H,7-10H2,1-2H3,(H,17,19). The minimum atomic E-state index is -0.355. The van der Waals surface area contributed by atoms with Gasteiger partial charge in [-0.05, 0) is 18.6 Å². The third kappa shape index (κ3) is 4.19. The Morgan fingerprint density at radius 2 is 2.19 bits per heavy atom. The number of para-hydroxylation sites is 1. The number of ether oxygens (including phenoxy) is 1. The smallest absolute Gasteiger partial charge is 0.241 e. The number of benzene rings is 1. The van der Waals surface area contributed by atoms with Gasteiger partial charge in [-0.3, -0.25) is 14.9 Å². The second-order valence-electron chi connectivity index (χ2n) is 5.11. The van der Waals surface area contributed by atoms with Gasteiger partial charge in [0.15, 0.2) is 0 Å². The summed E-state index contributed by atoms with van der Waals surface area (Å²) in [5.41, 5.74) is 1.07. The van der Waals surface area contributed by atoms with E-state index >= 15 is 0 Å². The molecule has 1 fully saturated rings. The number of hydrogen-bond acceptors (Lipinski definition) is 4. The van der Waals surface area contributed by atoms with Crippen LogP contribution in [0, 0.1) is 6.92 Å². The fraction of sp³-hybridized carbons (Fsp3) is 0.467. The van der Waals surface area contributed by atoms with E-state index in [0.717, 1.165) is 11.3 Å². The maximum atomic E-state index is 12.2. The topological polar surface area (TPSA) is 70.7 Å². The molecule has 2 amide bonds. The van der Waals surface area contributed by atoms with Crippen LogP contribution in [0.25, 0.3) is 0 Å². The number of likely N-dealkylation sites (N-methyl/N-ethyl adjacent to an activating group) is 1. The molecule has 1 aromatic rings. The fourth-order valence-electron chi connectivity index (χ4n) is 2.13. The number of carbonyl (C=O) groups excluding carboxylic acids is 2. The van der Waals surface area contributed by atoms with E-state index < -0.39 is 0 Å². The molecule has 1 unspecified atom stereocenters. The lowest BCUT2D eigenvalue weighted by Gasteiger charge is -2.27. The summed E-state index contributed by atoms with van der Waals surface area (Å²) in [6.45, 7) is 3.44. The summed E-state index contributed by atoms with van der Waals surface area (Å²) in [6.07, 6.45) is 0. The molecule has 1 aromatic carbocycles. The molecule has 0 aliphatic carbocycles. The molecule has 1 heterocycles.